The minimum absolute atomic E-state index is 0. The molecular weight excluding hydrogens is 236 g/mol. The van der Waals surface area contributed by atoms with Gasteiger partial charge in [-0.3, -0.25) is 0 Å². The Kier molecular flexibility index (Phi) is 6.10. The first-order valence-corrected chi connectivity index (χ1v) is 6.89. The third-order valence-electron chi connectivity index (χ3n) is 2.87. The van der Waals surface area contributed by atoms with Gasteiger partial charge >= 0.3 is 0 Å². The van der Waals surface area contributed by atoms with Crippen LogP contribution in [0.5, 0.6) is 0 Å². The molecule has 0 amide bonds. The first-order chi connectivity index (χ1) is 6.47. The van der Waals surface area contributed by atoms with Gasteiger partial charge in [-0.05, 0) is 19.8 Å². The van der Waals surface area contributed by atoms with Crippen molar-refractivity contribution >= 4 is 22.4 Å². The highest BCUT2D eigenvalue weighted by Gasteiger charge is 2.28. The third-order valence-corrected chi connectivity index (χ3v) is 4.22. The molecule has 3 N–H and O–H groups in total. The Morgan fingerprint density at radius 2 is 1.80 bits per heavy atom. The zero-order chi connectivity index (χ0) is 10.7. The summed E-state index contributed by atoms with van der Waals surface area (Å²) in [6.07, 6.45) is 5.31. The highest BCUT2D eigenvalue weighted by molar-refractivity contribution is 7.89. The topological polar surface area (TPSA) is 72.2 Å². The summed E-state index contributed by atoms with van der Waals surface area (Å²) in [4.78, 5) is 0. The first-order valence-electron chi connectivity index (χ1n) is 5.24. The molecule has 0 unspecified atom stereocenters. The Bertz CT molecular complexity index is 274. The predicted molar refractivity (Wildman–Crippen MR) is 64.7 cm³/mol. The fourth-order valence-corrected chi connectivity index (χ4v) is 2.50. The molecule has 0 heterocycles. The number of sulfonamides is 1. The summed E-state index contributed by atoms with van der Waals surface area (Å²) < 4.78 is 25.0. The highest BCUT2D eigenvalue weighted by Crippen LogP contribution is 2.25. The van der Waals surface area contributed by atoms with Crippen LogP contribution in [-0.4, -0.2) is 26.3 Å². The van der Waals surface area contributed by atoms with Gasteiger partial charge in [-0.1, -0.05) is 19.3 Å². The van der Waals surface area contributed by atoms with Crippen molar-refractivity contribution in [1.82, 2.24) is 4.72 Å². The van der Waals surface area contributed by atoms with Crippen molar-refractivity contribution in [1.29, 1.82) is 0 Å². The number of rotatable bonds is 4. The van der Waals surface area contributed by atoms with Gasteiger partial charge in [-0.2, -0.15) is 0 Å². The molecule has 0 aromatic heterocycles. The van der Waals surface area contributed by atoms with Crippen LogP contribution in [0.25, 0.3) is 0 Å². The molecule has 15 heavy (non-hydrogen) atoms. The van der Waals surface area contributed by atoms with Gasteiger partial charge in [0.25, 0.3) is 0 Å². The SMILES string of the molecule is CCS(=O)(=O)NCC1(N)CCCCC1.Cl. The predicted octanol–water partition coefficient (Wildman–Crippen LogP) is 1.01. The zero-order valence-corrected chi connectivity index (χ0v) is 10.8. The summed E-state index contributed by atoms with van der Waals surface area (Å²) in [6.45, 7) is 2.02. The lowest BCUT2D eigenvalue weighted by molar-refractivity contribution is 0.296. The summed E-state index contributed by atoms with van der Waals surface area (Å²) in [5.41, 5.74) is 5.79. The minimum Gasteiger partial charge on any atom is -0.324 e. The Hall–Kier alpha value is 0.160. The molecule has 1 saturated carbocycles. The second kappa shape index (κ2) is 6.03. The fraction of sp³-hybridized carbons (Fsp3) is 1.00. The smallest absolute Gasteiger partial charge is 0.211 e. The maximum atomic E-state index is 11.2. The highest BCUT2D eigenvalue weighted by atomic mass is 35.5. The average Bonchev–Trinajstić information content (AvgIpc) is 2.17. The largest absolute Gasteiger partial charge is 0.324 e. The van der Waals surface area contributed by atoms with Crippen molar-refractivity contribution < 1.29 is 8.42 Å². The lowest BCUT2D eigenvalue weighted by Crippen LogP contribution is -2.51. The average molecular weight is 257 g/mol. The summed E-state index contributed by atoms with van der Waals surface area (Å²) in [5.74, 6) is 0.128. The number of hydrogen-bond acceptors (Lipinski definition) is 3. The van der Waals surface area contributed by atoms with Gasteiger partial charge in [0.2, 0.25) is 10.0 Å². The van der Waals surface area contributed by atoms with Crippen LogP contribution in [-0.2, 0) is 10.0 Å². The van der Waals surface area contributed by atoms with Gasteiger partial charge in [0.1, 0.15) is 0 Å². The molecule has 1 aliphatic carbocycles. The zero-order valence-electron chi connectivity index (χ0n) is 9.16. The molecule has 0 aliphatic heterocycles. The van der Waals surface area contributed by atoms with Gasteiger partial charge in [0.15, 0.2) is 0 Å². The molecule has 0 aromatic rings. The molecule has 0 bridgehead atoms. The number of nitrogens with one attached hydrogen (secondary N) is 1. The summed E-state index contributed by atoms with van der Waals surface area (Å²) in [7, 11) is -3.09. The van der Waals surface area contributed by atoms with Crippen LogP contribution in [0.2, 0.25) is 0 Å². The molecule has 1 aliphatic rings. The van der Waals surface area contributed by atoms with Gasteiger partial charge in [-0.15, -0.1) is 12.4 Å². The molecule has 0 aromatic carbocycles. The van der Waals surface area contributed by atoms with E-state index >= 15 is 0 Å². The quantitative estimate of drug-likeness (QED) is 0.789. The Balaban J connectivity index is 0.00000196. The summed E-state index contributed by atoms with van der Waals surface area (Å²) >= 11 is 0. The van der Waals surface area contributed by atoms with Crippen molar-refractivity contribution in [2.75, 3.05) is 12.3 Å². The van der Waals surface area contributed by atoms with E-state index in [1.54, 1.807) is 6.92 Å². The van der Waals surface area contributed by atoms with Crippen molar-refractivity contribution in [2.24, 2.45) is 5.73 Å². The van der Waals surface area contributed by atoms with E-state index in [4.69, 9.17) is 5.73 Å². The van der Waals surface area contributed by atoms with E-state index in [1.807, 2.05) is 0 Å². The molecule has 0 radical (unpaired) electrons. The van der Waals surface area contributed by atoms with Crippen LogP contribution in [0.15, 0.2) is 0 Å². The van der Waals surface area contributed by atoms with Crippen LogP contribution in [0.4, 0.5) is 0 Å². The molecule has 0 spiro atoms. The second-order valence-corrected chi connectivity index (χ2v) is 6.24. The van der Waals surface area contributed by atoms with Crippen LogP contribution in [0.3, 0.4) is 0 Å². The lowest BCUT2D eigenvalue weighted by Gasteiger charge is -2.33. The Morgan fingerprint density at radius 3 is 2.27 bits per heavy atom. The van der Waals surface area contributed by atoms with Crippen LogP contribution in [0, 0.1) is 0 Å². The normalized spacial score (nSPS) is 20.7. The first kappa shape index (κ1) is 15.2. The van der Waals surface area contributed by atoms with Crippen molar-refractivity contribution in [3.8, 4) is 0 Å². The van der Waals surface area contributed by atoms with Gasteiger partial charge in [0, 0.05) is 12.1 Å². The van der Waals surface area contributed by atoms with Crippen LogP contribution >= 0.6 is 12.4 Å². The van der Waals surface area contributed by atoms with Crippen LogP contribution in [0.1, 0.15) is 39.0 Å². The van der Waals surface area contributed by atoms with E-state index in [0.717, 1.165) is 25.7 Å². The Labute approximate surface area is 98.5 Å². The molecule has 1 rings (SSSR count). The molecule has 4 nitrogen and oxygen atoms in total. The van der Waals surface area contributed by atoms with E-state index in [-0.39, 0.29) is 23.7 Å². The molecule has 1 fully saturated rings. The van der Waals surface area contributed by atoms with Gasteiger partial charge in [-0.25, -0.2) is 13.1 Å². The molecule has 0 saturated heterocycles. The number of hydrogen-bond donors (Lipinski definition) is 2. The monoisotopic (exact) mass is 256 g/mol. The van der Waals surface area contributed by atoms with Crippen molar-refractivity contribution in [2.45, 2.75) is 44.6 Å². The Morgan fingerprint density at radius 1 is 1.27 bits per heavy atom. The molecule has 0 atom stereocenters. The van der Waals surface area contributed by atoms with Crippen molar-refractivity contribution in [3.63, 3.8) is 0 Å². The third kappa shape index (κ3) is 5.15. The van der Waals surface area contributed by atoms with Crippen molar-refractivity contribution in [3.05, 3.63) is 0 Å². The van der Waals surface area contributed by atoms with Gasteiger partial charge < -0.3 is 5.73 Å². The minimum atomic E-state index is -3.09. The van der Waals surface area contributed by atoms with E-state index in [9.17, 15) is 8.42 Å². The van der Waals surface area contributed by atoms with E-state index in [0.29, 0.717) is 6.54 Å². The summed E-state index contributed by atoms with van der Waals surface area (Å²) in [5, 5.41) is 0. The molecular formula is C9H21ClN2O2S. The fourth-order valence-electron chi connectivity index (χ4n) is 1.79. The molecule has 6 heteroatoms. The lowest BCUT2D eigenvalue weighted by atomic mass is 9.83. The number of halogens is 1. The number of nitrogens with two attached hydrogens (primary N) is 1. The second-order valence-electron chi connectivity index (χ2n) is 4.15. The molecule has 92 valence electrons. The van der Waals surface area contributed by atoms with E-state index in [1.165, 1.54) is 6.42 Å². The maximum absolute atomic E-state index is 11.2. The summed E-state index contributed by atoms with van der Waals surface area (Å²) in [6, 6.07) is 0. The van der Waals surface area contributed by atoms with Gasteiger partial charge in [0.05, 0.1) is 5.75 Å². The van der Waals surface area contributed by atoms with E-state index in [2.05, 4.69) is 4.72 Å². The van der Waals surface area contributed by atoms with E-state index < -0.39 is 10.0 Å². The van der Waals surface area contributed by atoms with Crippen LogP contribution < -0.4 is 10.5 Å². The maximum Gasteiger partial charge on any atom is 0.211 e. The standard InChI is InChI=1S/C9H20N2O2S.ClH/c1-2-14(12,13)11-8-9(10)6-4-3-5-7-9;/h11H,2-8,10H2,1H3;1H.